The Bertz CT molecular complexity index is 537. The van der Waals surface area contributed by atoms with Gasteiger partial charge in [-0.2, -0.15) is 0 Å². The summed E-state index contributed by atoms with van der Waals surface area (Å²) in [6, 6.07) is 8.59. The van der Waals surface area contributed by atoms with E-state index in [4.69, 9.17) is 0 Å². The molecule has 1 aromatic carbocycles. The number of Topliss-reactive ketones (excluding diaryl/α,β-unsaturated/α-hetero) is 1. The Morgan fingerprint density at radius 3 is 2.47 bits per heavy atom. The monoisotopic (exact) mass is 258 g/mol. The molecule has 0 spiro atoms. The maximum absolute atomic E-state index is 12.0. The first-order valence-corrected chi connectivity index (χ1v) is 6.36. The molecule has 1 aliphatic carbocycles. The van der Waals surface area contributed by atoms with Gasteiger partial charge >= 0.3 is 6.03 Å². The smallest absolute Gasteiger partial charge is 0.312 e. The van der Waals surface area contributed by atoms with Gasteiger partial charge in [0, 0.05) is 11.6 Å². The quantitative estimate of drug-likeness (QED) is 0.604. The Hall–Kier alpha value is -2.17. The summed E-state index contributed by atoms with van der Waals surface area (Å²) >= 11 is 0. The van der Waals surface area contributed by atoms with Crippen LogP contribution in [0.2, 0.25) is 0 Å². The van der Waals surface area contributed by atoms with Gasteiger partial charge in [0.15, 0.2) is 5.78 Å². The lowest BCUT2D eigenvalue weighted by molar-refractivity contribution is -0.125. The second kappa shape index (κ2) is 4.50. The third-order valence-electron chi connectivity index (χ3n) is 3.47. The minimum atomic E-state index is -0.322. The van der Waals surface area contributed by atoms with Gasteiger partial charge in [-0.25, -0.2) is 4.79 Å². The SMILES string of the molecule is O=C(CN1C(=O)CN(C2CC2)C1=O)c1ccccc1. The van der Waals surface area contributed by atoms with E-state index in [-0.39, 0.29) is 36.9 Å². The van der Waals surface area contributed by atoms with Crippen molar-refractivity contribution in [1.82, 2.24) is 9.80 Å². The van der Waals surface area contributed by atoms with Crippen molar-refractivity contribution in [3.8, 4) is 0 Å². The summed E-state index contributed by atoms with van der Waals surface area (Å²) in [4.78, 5) is 38.5. The molecule has 3 amide bonds. The maximum Gasteiger partial charge on any atom is 0.327 e. The zero-order valence-corrected chi connectivity index (χ0v) is 10.4. The molecule has 0 unspecified atom stereocenters. The highest BCUT2D eigenvalue weighted by Crippen LogP contribution is 2.30. The topological polar surface area (TPSA) is 57.7 Å². The van der Waals surface area contributed by atoms with E-state index in [1.54, 1.807) is 29.2 Å². The Balaban J connectivity index is 1.71. The number of carbonyl (C=O) groups excluding carboxylic acids is 3. The third kappa shape index (κ3) is 2.23. The fraction of sp³-hybridized carbons (Fsp3) is 0.357. The van der Waals surface area contributed by atoms with Crippen LogP contribution in [0.25, 0.3) is 0 Å². The van der Waals surface area contributed by atoms with E-state index in [0.717, 1.165) is 17.7 Å². The van der Waals surface area contributed by atoms with Crippen molar-refractivity contribution in [2.24, 2.45) is 0 Å². The number of carbonyl (C=O) groups is 3. The Morgan fingerprint density at radius 1 is 1.16 bits per heavy atom. The number of nitrogens with zero attached hydrogens (tertiary/aromatic N) is 2. The van der Waals surface area contributed by atoms with Gasteiger partial charge in [-0.15, -0.1) is 0 Å². The van der Waals surface area contributed by atoms with Crippen molar-refractivity contribution in [3.63, 3.8) is 0 Å². The van der Waals surface area contributed by atoms with Crippen LogP contribution < -0.4 is 0 Å². The third-order valence-corrected chi connectivity index (χ3v) is 3.47. The van der Waals surface area contributed by atoms with Crippen LogP contribution in [0.15, 0.2) is 30.3 Å². The second-order valence-electron chi connectivity index (χ2n) is 4.91. The highest BCUT2D eigenvalue weighted by atomic mass is 16.2. The number of ketones is 1. The van der Waals surface area contributed by atoms with Crippen LogP contribution in [0.5, 0.6) is 0 Å². The van der Waals surface area contributed by atoms with Crippen LogP contribution in [0.1, 0.15) is 23.2 Å². The van der Waals surface area contributed by atoms with Gasteiger partial charge in [-0.1, -0.05) is 30.3 Å². The summed E-state index contributed by atoms with van der Waals surface area (Å²) < 4.78 is 0. The Labute approximate surface area is 110 Å². The summed E-state index contributed by atoms with van der Waals surface area (Å²) in [6.45, 7) is -0.0452. The summed E-state index contributed by atoms with van der Waals surface area (Å²) in [5.41, 5.74) is 0.521. The Kier molecular flexibility index (Phi) is 2.81. The van der Waals surface area contributed by atoms with Crippen molar-refractivity contribution in [2.45, 2.75) is 18.9 Å². The van der Waals surface area contributed by atoms with E-state index in [2.05, 4.69) is 0 Å². The highest BCUT2D eigenvalue weighted by Gasteiger charge is 2.44. The molecule has 5 nitrogen and oxygen atoms in total. The minimum Gasteiger partial charge on any atom is -0.312 e. The van der Waals surface area contributed by atoms with E-state index >= 15 is 0 Å². The predicted molar refractivity (Wildman–Crippen MR) is 67.6 cm³/mol. The molecule has 0 N–H and O–H groups in total. The first-order chi connectivity index (χ1) is 9.16. The number of imide groups is 1. The van der Waals surface area contributed by atoms with E-state index in [1.165, 1.54) is 0 Å². The zero-order chi connectivity index (χ0) is 13.4. The Morgan fingerprint density at radius 2 is 1.84 bits per heavy atom. The molecule has 1 saturated carbocycles. The maximum atomic E-state index is 12.0. The van der Waals surface area contributed by atoms with Crippen LogP contribution in [-0.4, -0.2) is 46.7 Å². The second-order valence-corrected chi connectivity index (χ2v) is 4.91. The first kappa shape index (κ1) is 11.9. The summed E-state index contributed by atoms with van der Waals surface area (Å²) in [6.07, 6.45) is 1.92. The lowest BCUT2D eigenvalue weighted by atomic mass is 10.1. The number of hydrogen-bond donors (Lipinski definition) is 0. The molecule has 19 heavy (non-hydrogen) atoms. The number of urea groups is 1. The lowest BCUT2D eigenvalue weighted by Crippen LogP contribution is -2.37. The van der Waals surface area contributed by atoms with Gasteiger partial charge in [-0.05, 0) is 12.8 Å². The molecule has 1 aromatic rings. The first-order valence-electron chi connectivity index (χ1n) is 6.36. The molecule has 1 heterocycles. The summed E-state index contributed by atoms with van der Waals surface area (Å²) in [5.74, 6) is -0.485. The molecular formula is C14H14N2O3. The van der Waals surface area contributed by atoms with Gasteiger partial charge in [0.2, 0.25) is 0 Å². The van der Waals surface area contributed by atoms with Crippen molar-refractivity contribution in [1.29, 1.82) is 0 Å². The van der Waals surface area contributed by atoms with Gasteiger partial charge < -0.3 is 4.90 Å². The fourth-order valence-electron chi connectivity index (χ4n) is 2.25. The molecule has 0 radical (unpaired) electrons. The van der Waals surface area contributed by atoms with Crippen LogP contribution in [-0.2, 0) is 4.79 Å². The van der Waals surface area contributed by atoms with E-state index < -0.39 is 0 Å². The number of benzene rings is 1. The molecule has 1 saturated heterocycles. The number of amides is 3. The molecule has 98 valence electrons. The number of hydrogen-bond acceptors (Lipinski definition) is 3. The highest BCUT2D eigenvalue weighted by molar-refractivity contribution is 6.08. The molecule has 2 aliphatic rings. The molecule has 0 aromatic heterocycles. The van der Waals surface area contributed by atoms with Gasteiger partial charge in [0.1, 0.15) is 6.54 Å². The molecular weight excluding hydrogens is 244 g/mol. The molecule has 0 bridgehead atoms. The average Bonchev–Trinajstić information content (AvgIpc) is 3.22. The summed E-state index contributed by atoms with van der Waals surface area (Å²) in [7, 11) is 0. The van der Waals surface area contributed by atoms with E-state index in [0.29, 0.717) is 5.56 Å². The molecule has 2 fully saturated rings. The van der Waals surface area contributed by atoms with Gasteiger partial charge in [-0.3, -0.25) is 14.5 Å². The molecule has 5 heteroatoms. The van der Waals surface area contributed by atoms with Crippen molar-refractivity contribution >= 4 is 17.7 Å². The average molecular weight is 258 g/mol. The van der Waals surface area contributed by atoms with Gasteiger partial charge in [0.05, 0.1) is 6.54 Å². The van der Waals surface area contributed by atoms with Crippen molar-refractivity contribution in [2.75, 3.05) is 13.1 Å². The number of rotatable bonds is 4. The van der Waals surface area contributed by atoms with Crippen molar-refractivity contribution in [3.05, 3.63) is 35.9 Å². The van der Waals surface area contributed by atoms with E-state index in [1.807, 2.05) is 6.07 Å². The largest absolute Gasteiger partial charge is 0.327 e. The van der Waals surface area contributed by atoms with Crippen LogP contribution in [0, 0.1) is 0 Å². The molecule has 0 atom stereocenters. The van der Waals surface area contributed by atoms with Crippen LogP contribution >= 0.6 is 0 Å². The van der Waals surface area contributed by atoms with E-state index in [9.17, 15) is 14.4 Å². The van der Waals surface area contributed by atoms with Crippen LogP contribution in [0.4, 0.5) is 4.79 Å². The summed E-state index contributed by atoms with van der Waals surface area (Å²) in [5, 5.41) is 0. The lowest BCUT2D eigenvalue weighted by Gasteiger charge is -2.15. The standard InChI is InChI=1S/C14H14N2O3/c17-12(10-4-2-1-3-5-10)8-16-13(18)9-15(14(16)19)11-6-7-11/h1-5,11H,6-9H2. The molecule has 1 aliphatic heterocycles. The fourth-order valence-corrected chi connectivity index (χ4v) is 2.25. The van der Waals surface area contributed by atoms with Gasteiger partial charge in [0.25, 0.3) is 5.91 Å². The zero-order valence-electron chi connectivity index (χ0n) is 10.4. The van der Waals surface area contributed by atoms with Crippen LogP contribution in [0.3, 0.4) is 0 Å². The predicted octanol–water partition coefficient (Wildman–Crippen LogP) is 1.30. The van der Waals surface area contributed by atoms with Crippen molar-refractivity contribution < 1.29 is 14.4 Å². The minimum absolute atomic E-state index is 0.117. The normalized spacial score (nSPS) is 19.2. The molecule has 3 rings (SSSR count).